The van der Waals surface area contributed by atoms with E-state index >= 15 is 0 Å². The molecule has 142 valence electrons. The molecule has 0 aliphatic heterocycles. The highest BCUT2D eigenvalue weighted by molar-refractivity contribution is 7.11. The van der Waals surface area contributed by atoms with E-state index in [4.69, 9.17) is 0 Å². The summed E-state index contributed by atoms with van der Waals surface area (Å²) in [6.07, 6.45) is 2.01. The molecule has 0 radical (unpaired) electrons. The standard InChI is InChI=1S/C20H30N4OS/c1-4-17-15(3)26-19(24-17)12-14-23-20(21-5-2)22-13-11-18(25)16-9-7-6-8-10-16/h6-10,18,25H,4-5,11-14H2,1-3H3,(H2,21,22,23). The van der Waals surface area contributed by atoms with Crippen LogP contribution in [0, 0.1) is 6.92 Å². The molecule has 0 spiro atoms. The highest BCUT2D eigenvalue weighted by Crippen LogP contribution is 2.18. The lowest BCUT2D eigenvalue weighted by Crippen LogP contribution is -2.38. The van der Waals surface area contributed by atoms with Crippen molar-refractivity contribution in [2.24, 2.45) is 4.99 Å². The van der Waals surface area contributed by atoms with Crippen molar-refractivity contribution >= 4 is 17.3 Å². The lowest BCUT2D eigenvalue weighted by atomic mass is 10.1. The van der Waals surface area contributed by atoms with Gasteiger partial charge in [-0.25, -0.2) is 4.98 Å². The third kappa shape index (κ3) is 6.42. The molecule has 0 aliphatic carbocycles. The largest absolute Gasteiger partial charge is 0.388 e. The molecule has 0 saturated carbocycles. The van der Waals surface area contributed by atoms with Crippen LogP contribution in [-0.2, 0) is 12.8 Å². The summed E-state index contributed by atoms with van der Waals surface area (Å²) < 4.78 is 0. The van der Waals surface area contributed by atoms with Crippen molar-refractivity contribution in [1.29, 1.82) is 0 Å². The van der Waals surface area contributed by atoms with Gasteiger partial charge in [0.2, 0.25) is 0 Å². The Hall–Kier alpha value is -1.92. The van der Waals surface area contributed by atoms with Crippen LogP contribution in [0.5, 0.6) is 0 Å². The van der Waals surface area contributed by atoms with E-state index in [9.17, 15) is 5.11 Å². The van der Waals surface area contributed by atoms with Crippen LogP contribution in [0.4, 0.5) is 0 Å². The number of aliphatic hydroxyl groups excluding tert-OH is 1. The number of hydrogen-bond acceptors (Lipinski definition) is 4. The molecule has 0 bridgehead atoms. The van der Waals surface area contributed by atoms with Gasteiger partial charge in [-0.15, -0.1) is 11.3 Å². The number of thiazole rings is 1. The number of guanidine groups is 1. The van der Waals surface area contributed by atoms with Crippen molar-refractivity contribution in [3.05, 3.63) is 51.5 Å². The zero-order valence-electron chi connectivity index (χ0n) is 16.0. The second-order valence-electron chi connectivity index (χ2n) is 6.12. The Morgan fingerprint density at radius 3 is 2.65 bits per heavy atom. The smallest absolute Gasteiger partial charge is 0.191 e. The van der Waals surface area contributed by atoms with Gasteiger partial charge in [0.25, 0.3) is 0 Å². The van der Waals surface area contributed by atoms with Crippen LogP contribution in [0.3, 0.4) is 0 Å². The zero-order valence-corrected chi connectivity index (χ0v) is 16.8. The van der Waals surface area contributed by atoms with Gasteiger partial charge in [-0.3, -0.25) is 4.99 Å². The van der Waals surface area contributed by atoms with E-state index < -0.39 is 6.10 Å². The van der Waals surface area contributed by atoms with E-state index in [0.29, 0.717) is 13.0 Å². The maximum atomic E-state index is 10.2. The van der Waals surface area contributed by atoms with Gasteiger partial charge in [-0.2, -0.15) is 0 Å². The summed E-state index contributed by atoms with van der Waals surface area (Å²) in [5.41, 5.74) is 2.15. The van der Waals surface area contributed by atoms with Crippen LogP contribution in [0.1, 0.15) is 47.5 Å². The summed E-state index contributed by atoms with van der Waals surface area (Å²) in [5, 5.41) is 18.0. The molecule has 1 aromatic carbocycles. The molecule has 0 amide bonds. The molecule has 1 heterocycles. The summed E-state index contributed by atoms with van der Waals surface area (Å²) in [6, 6.07) is 9.72. The molecule has 5 nitrogen and oxygen atoms in total. The molecule has 0 aliphatic rings. The van der Waals surface area contributed by atoms with Crippen LogP contribution in [0.15, 0.2) is 35.3 Å². The minimum absolute atomic E-state index is 0.478. The molecule has 0 saturated heterocycles. The van der Waals surface area contributed by atoms with Crippen molar-refractivity contribution in [2.75, 3.05) is 19.6 Å². The van der Waals surface area contributed by atoms with Gasteiger partial charge < -0.3 is 15.7 Å². The van der Waals surface area contributed by atoms with E-state index in [-0.39, 0.29) is 0 Å². The van der Waals surface area contributed by atoms with Crippen molar-refractivity contribution in [1.82, 2.24) is 15.6 Å². The summed E-state index contributed by atoms with van der Waals surface area (Å²) in [7, 11) is 0. The highest BCUT2D eigenvalue weighted by atomic mass is 32.1. The van der Waals surface area contributed by atoms with Gasteiger partial charge in [-0.1, -0.05) is 37.3 Å². The molecular formula is C20H30N4OS. The Balaban J connectivity index is 1.80. The van der Waals surface area contributed by atoms with E-state index in [2.05, 4.69) is 34.5 Å². The van der Waals surface area contributed by atoms with Crippen molar-refractivity contribution in [3.8, 4) is 0 Å². The van der Waals surface area contributed by atoms with Gasteiger partial charge >= 0.3 is 0 Å². The summed E-state index contributed by atoms with van der Waals surface area (Å²) >= 11 is 1.78. The number of aromatic nitrogens is 1. The highest BCUT2D eigenvalue weighted by Gasteiger charge is 2.08. The average Bonchev–Trinajstić information content (AvgIpc) is 3.02. The quantitative estimate of drug-likeness (QED) is 0.466. The number of benzene rings is 1. The van der Waals surface area contributed by atoms with Crippen molar-refractivity contribution in [2.45, 2.75) is 46.1 Å². The lowest BCUT2D eigenvalue weighted by molar-refractivity contribution is 0.170. The fourth-order valence-electron chi connectivity index (χ4n) is 2.69. The van der Waals surface area contributed by atoms with E-state index in [1.165, 1.54) is 15.6 Å². The number of nitrogens with zero attached hydrogens (tertiary/aromatic N) is 2. The van der Waals surface area contributed by atoms with Crippen LogP contribution in [0.25, 0.3) is 0 Å². The first kappa shape index (κ1) is 20.4. The van der Waals surface area contributed by atoms with Crippen LogP contribution in [-0.4, -0.2) is 35.7 Å². The monoisotopic (exact) mass is 374 g/mol. The second-order valence-corrected chi connectivity index (χ2v) is 7.40. The van der Waals surface area contributed by atoms with Crippen LogP contribution < -0.4 is 10.6 Å². The van der Waals surface area contributed by atoms with Crippen molar-refractivity contribution in [3.63, 3.8) is 0 Å². The molecule has 1 unspecified atom stereocenters. The molecule has 0 fully saturated rings. The lowest BCUT2D eigenvalue weighted by Gasteiger charge is -2.12. The maximum absolute atomic E-state index is 10.2. The fraction of sp³-hybridized carbons (Fsp3) is 0.500. The molecule has 2 aromatic rings. The number of hydrogen-bond donors (Lipinski definition) is 3. The topological polar surface area (TPSA) is 69.5 Å². The normalized spacial score (nSPS) is 12.8. The molecule has 1 atom stereocenters. The predicted octanol–water partition coefficient (Wildman–Crippen LogP) is 3.24. The number of rotatable bonds is 9. The Bertz CT molecular complexity index is 684. The summed E-state index contributed by atoms with van der Waals surface area (Å²) in [4.78, 5) is 10.6. The Labute approximate surface area is 160 Å². The molecule has 3 N–H and O–H groups in total. The van der Waals surface area contributed by atoms with Crippen LogP contribution in [0.2, 0.25) is 0 Å². The Morgan fingerprint density at radius 1 is 1.23 bits per heavy atom. The van der Waals surface area contributed by atoms with Gasteiger partial charge in [0.05, 0.1) is 16.8 Å². The van der Waals surface area contributed by atoms with Gasteiger partial charge in [0, 0.05) is 30.9 Å². The van der Waals surface area contributed by atoms with Crippen molar-refractivity contribution < 1.29 is 5.11 Å². The number of aliphatic imine (C=N–C) groups is 1. The average molecular weight is 375 g/mol. The first-order valence-corrected chi connectivity index (χ1v) is 10.2. The van der Waals surface area contributed by atoms with E-state index in [1.54, 1.807) is 11.3 Å². The second kappa shape index (κ2) is 10.9. The van der Waals surface area contributed by atoms with E-state index in [0.717, 1.165) is 37.5 Å². The van der Waals surface area contributed by atoms with Gasteiger partial charge in [0.15, 0.2) is 5.96 Å². The fourth-order valence-corrected chi connectivity index (χ4v) is 3.71. The van der Waals surface area contributed by atoms with Crippen LogP contribution >= 0.6 is 11.3 Å². The summed E-state index contributed by atoms with van der Waals surface area (Å²) in [5.74, 6) is 0.789. The predicted molar refractivity (Wildman–Crippen MR) is 110 cm³/mol. The zero-order chi connectivity index (χ0) is 18.8. The molecule has 26 heavy (non-hydrogen) atoms. The first-order chi connectivity index (χ1) is 12.6. The third-order valence-electron chi connectivity index (χ3n) is 4.10. The molecular weight excluding hydrogens is 344 g/mol. The minimum atomic E-state index is -0.478. The SMILES string of the molecule is CCNC(=NCCC(O)c1ccccc1)NCCc1nc(CC)c(C)s1. The van der Waals surface area contributed by atoms with Gasteiger partial charge in [-0.05, 0) is 32.3 Å². The molecule has 6 heteroatoms. The number of nitrogens with one attached hydrogen (secondary N) is 2. The summed E-state index contributed by atoms with van der Waals surface area (Å²) in [6.45, 7) is 8.50. The third-order valence-corrected chi connectivity index (χ3v) is 5.18. The Morgan fingerprint density at radius 2 is 2.00 bits per heavy atom. The van der Waals surface area contributed by atoms with Gasteiger partial charge in [0.1, 0.15) is 0 Å². The first-order valence-electron chi connectivity index (χ1n) is 9.34. The Kier molecular flexibility index (Phi) is 8.58. The minimum Gasteiger partial charge on any atom is -0.388 e. The number of aryl methyl sites for hydroxylation is 2. The molecule has 1 aromatic heterocycles. The number of aliphatic hydroxyl groups is 1. The maximum Gasteiger partial charge on any atom is 0.191 e. The van der Waals surface area contributed by atoms with E-state index in [1.807, 2.05) is 37.3 Å². The molecule has 2 rings (SSSR count).